The van der Waals surface area contributed by atoms with Gasteiger partial charge in [-0.15, -0.1) is 0 Å². The Hall–Kier alpha value is -1.58. The molecule has 0 aromatic rings. The van der Waals surface area contributed by atoms with E-state index in [1.54, 1.807) is 6.08 Å². The molecule has 3 aliphatic rings. The Balaban J connectivity index is 1.95. The summed E-state index contributed by atoms with van der Waals surface area (Å²) in [5, 5.41) is 30.9. The first-order valence-corrected chi connectivity index (χ1v) is 14.7. The van der Waals surface area contributed by atoms with Gasteiger partial charge in [-0.1, -0.05) is 43.7 Å². The van der Waals surface area contributed by atoms with Gasteiger partial charge in [0.15, 0.2) is 0 Å². The van der Waals surface area contributed by atoms with E-state index in [4.69, 9.17) is 8.22 Å². The molecule has 3 N–H and O–H groups in total. The molecule has 0 radical (unpaired) electrons. The molecule has 7 atom stereocenters. The van der Waals surface area contributed by atoms with Crippen LogP contribution in [0.4, 0.5) is 26.3 Å². The predicted octanol–water partition coefficient (Wildman–Crippen LogP) is 8.56. The smallest absolute Gasteiger partial charge is 0.393 e. The van der Waals surface area contributed by atoms with Gasteiger partial charge in [-0.2, -0.15) is 13.2 Å². The average molecular weight is 613 g/mol. The first-order chi connectivity index (χ1) is 21.7. The maximum atomic E-state index is 14.3. The van der Waals surface area contributed by atoms with Gasteiger partial charge in [0, 0.05) is 21.6 Å². The highest BCUT2D eigenvalue weighted by molar-refractivity contribution is 5.38. The van der Waals surface area contributed by atoms with Crippen molar-refractivity contribution in [3.8, 4) is 0 Å². The Morgan fingerprint density at radius 3 is 2.45 bits per heavy atom. The van der Waals surface area contributed by atoms with E-state index in [1.165, 1.54) is 0 Å². The van der Waals surface area contributed by atoms with Crippen LogP contribution in [0.15, 0.2) is 47.6 Å². The first-order valence-electron chi connectivity index (χ1n) is 17.7. The van der Waals surface area contributed by atoms with Crippen LogP contribution < -0.4 is 0 Å². The van der Waals surface area contributed by atoms with E-state index in [9.17, 15) is 41.7 Å². The van der Waals surface area contributed by atoms with Crippen LogP contribution in [0.5, 0.6) is 0 Å². The molecule has 0 heterocycles. The monoisotopic (exact) mass is 612 g/mol. The van der Waals surface area contributed by atoms with Crippen LogP contribution in [0.3, 0.4) is 0 Å². The second-order valence-corrected chi connectivity index (χ2v) is 12.9. The van der Waals surface area contributed by atoms with Crippen LogP contribution in [0.1, 0.15) is 106 Å². The number of hydrogen-bond donors (Lipinski definition) is 3. The number of rotatable bonds is 10. The van der Waals surface area contributed by atoms with Crippen molar-refractivity contribution in [1.29, 1.82) is 0 Å². The molecule has 0 amide bonds. The molecule has 0 saturated heterocycles. The van der Waals surface area contributed by atoms with Gasteiger partial charge < -0.3 is 15.3 Å². The van der Waals surface area contributed by atoms with E-state index in [0.29, 0.717) is 24.0 Å². The molecule has 3 fully saturated rings. The number of alkyl halides is 6. The van der Waals surface area contributed by atoms with E-state index >= 15 is 0 Å². The van der Waals surface area contributed by atoms with Crippen LogP contribution >= 0.6 is 0 Å². The zero-order valence-electron chi connectivity index (χ0n) is 30.3. The molecule has 0 bridgehead atoms. The fraction of sp³-hybridized carbons (Fsp3) is 0.758. The van der Waals surface area contributed by atoms with E-state index in [-0.39, 0.29) is 56.9 Å². The molecule has 42 heavy (non-hydrogen) atoms. The molecule has 9 heteroatoms. The second kappa shape index (κ2) is 12.8. The first kappa shape index (κ1) is 26.8. The van der Waals surface area contributed by atoms with Gasteiger partial charge in [-0.3, -0.25) is 0 Å². The van der Waals surface area contributed by atoms with Gasteiger partial charge in [-0.25, -0.2) is 13.2 Å². The summed E-state index contributed by atoms with van der Waals surface area (Å²) in [5.41, 5.74) is -5.89. The van der Waals surface area contributed by atoms with Crippen LogP contribution in [-0.4, -0.2) is 50.9 Å². The standard InChI is InChI=1S/C33H48F6O3/c1-21-24(19-25(40)20-28(21)34)13-12-23-10-7-17-30(4)26(14-15-27(23)30)22(9-6-16-29(2,3)41)11-8-18-32(42,31(5,35)36)33(37,38)39/h8,12-13,18,22,25-28,40-42H,1,6-7,9-11,14-17,19-20H2,2-5H3/b18-8+,23-12+,24-13-/t22-,25+,26+,27-,28-,30+,32?/m0/s1/i2D3,3D3. The number of aliphatic hydroxyl groups excluding tert-OH is 1. The van der Waals surface area contributed by atoms with Gasteiger partial charge in [0.2, 0.25) is 5.60 Å². The molecule has 0 aliphatic heterocycles. The van der Waals surface area contributed by atoms with Crippen molar-refractivity contribution in [2.45, 2.75) is 134 Å². The highest BCUT2D eigenvalue weighted by Crippen LogP contribution is 2.60. The summed E-state index contributed by atoms with van der Waals surface area (Å²) in [6.45, 7) is -0.672. The molecule has 0 spiro atoms. The third kappa shape index (κ3) is 7.73. The SMILES string of the molecule is [2H]C([2H])([2H])C(O)(CCC[C@@H](C/C=C/C(O)(C(C)(F)F)C(F)(F)F)[C@H]1CC[C@H]2/C(=C/C=C3/C[C@@H](O)C[C@H](F)C3=C)CCC[C@]12C)C([2H])([2H])[2H]. The number of halogens is 6. The van der Waals surface area contributed by atoms with Crippen molar-refractivity contribution in [1.82, 2.24) is 0 Å². The van der Waals surface area contributed by atoms with Gasteiger partial charge in [0.05, 0.1) is 11.7 Å². The lowest BCUT2D eigenvalue weighted by atomic mass is 9.60. The summed E-state index contributed by atoms with van der Waals surface area (Å²) in [6.07, 6.45) is -0.407. The zero-order chi connectivity index (χ0) is 36.7. The number of fused-ring (bicyclic) bond motifs is 1. The number of hydrogen-bond acceptors (Lipinski definition) is 3. The lowest BCUT2D eigenvalue weighted by molar-refractivity contribution is -0.305. The maximum absolute atomic E-state index is 14.3. The van der Waals surface area contributed by atoms with Crippen LogP contribution in [0, 0.1) is 23.2 Å². The minimum Gasteiger partial charge on any atom is -0.393 e. The van der Waals surface area contributed by atoms with Gasteiger partial charge >= 0.3 is 6.18 Å². The Morgan fingerprint density at radius 2 is 1.83 bits per heavy atom. The zero-order valence-corrected chi connectivity index (χ0v) is 24.3. The molecule has 0 aromatic heterocycles. The van der Waals surface area contributed by atoms with Crippen molar-refractivity contribution in [2.75, 3.05) is 0 Å². The van der Waals surface area contributed by atoms with E-state index in [1.807, 2.05) is 13.0 Å². The third-order valence-corrected chi connectivity index (χ3v) is 9.84. The van der Waals surface area contributed by atoms with Crippen LogP contribution in [0.25, 0.3) is 0 Å². The van der Waals surface area contributed by atoms with E-state index in [2.05, 4.69) is 6.58 Å². The number of aliphatic hydroxyl groups is 3. The van der Waals surface area contributed by atoms with Gasteiger partial charge in [-0.05, 0) is 112 Å². The van der Waals surface area contributed by atoms with Crippen molar-refractivity contribution >= 4 is 0 Å². The number of allylic oxidation sites excluding steroid dienone is 5. The van der Waals surface area contributed by atoms with E-state index in [0.717, 1.165) is 30.9 Å². The van der Waals surface area contributed by atoms with Crippen LogP contribution in [-0.2, 0) is 0 Å². The molecule has 3 nitrogen and oxygen atoms in total. The summed E-state index contributed by atoms with van der Waals surface area (Å²) >= 11 is 0. The fourth-order valence-corrected chi connectivity index (χ4v) is 7.49. The van der Waals surface area contributed by atoms with Crippen molar-refractivity contribution in [2.24, 2.45) is 23.2 Å². The Kier molecular flexibility index (Phi) is 8.17. The van der Waals surface area contributed by atoms with E-state index < -0.39 is 67.0 Å². The van der Waals surface area contributed by atoms with Gasteiger partial charge in [0.1, 0.15) is 6.17 Å². The summed E-state index contributed by atoms with van der Waals surface area (Å²) in [6, 6.07) is 0. The Bertz CT molecular complexity index is 1220. The molecular formula is C33H48F6O3. The Morgan fingerprint density at radius 1 is 1.14 bits per heavy atom. The second-order valence-electron chi connectivity index (χ2n) is 12.9. The molecule has 240 valence electrons. The molecule has 3 rings (SSSR count). The van der Waals surface area contributed by atoms with Crippen molar-refractivity contribution in [3.05, 3.63) is 47.6 Å². The normalized spacial score (nSPS) is 36.5. The van der Waals surface area contributed by atoms with Crippen molar-refractivity contribution < 1.29 is 49.9 Å². The predicted molar refractivity (Wildman–Crippen MR) is 153 cm³/mol. The largest absolute Gasteiger partial charge is 0.426 e. The van der Waals surface area contributed by atoms with Gasteiger partial charge in [0.25, 0.3) is 5.92 Å². The maximum Gasteiger partial charge on any atom is 0.426 e. The summed E-state index contributed by atoms with van der Waals surface area (Å²) in [4.78, 5) is 0. The molecular weight excluding hydrogens is 558 g/mol. The Labute approximate surface area is 254 Å². The summed E-state index contributed by atoms with van der Waals surface area (Å²) in [7, 11) is 0. The third-order valence-electron chi connectivity index (χ3n) is 9.84. The highest BCUT2D eigenvalue weighted by atomic mass is 19.4. The molecule has 1 unspecified atom stereocenters. The minimum absolute atomic E-state index is 0.0105. The molecule has 3 aliphatic carbocycles. The quantitative estimate of drug-likeness (QED) is 0.171. The molecule has 3 saturated carbocycles. The lowest BCUT2D eigenvalue weighted by Crippen LogP contribution is -2.56. The topological polar surface area (TPSA) is 60.7 Å². The minimum atomic E-state index is -5.68. The summed E-state index contributed by atoms with van der Waals surface area (Å²) in [5.74, 6) is -5.29. The fourth-order valence-electron chi connectivity index (χ4n) is 7.49. The summed E-state index contributed by atoms with van der Waals surface area (Å²) < 4.78 is 129. The highest BCUT2D eigenvalue weighted by Gasteiger charge is 2.65. The average Bonchev–Trinajstić information content (AvgIpc) is 3.28. The van der Waals surface area contributed by atoms with Crippen LogP contribution in [0.2, 0.25) is 0 Å². The van der Waals surface area contributed by atoms with Crippen molar-refractivity contribution in [3.63, 3.8) is 0 Å². The molecule has 0 aromatic carbocycles. The lowest BCUT2D eigenvalue weighted by Gasteiger charge is -2.45.